The molecule has 0 radical (unpaired) electrons. The van der Waals surface area contributed by atoms with Crippen molar-refractivity contribution in [1.29, 1.82) is 0 Å². The number of hydrogen-bond acceptors (Lipinski definition) is 3. The average molecular weight is 244 g/mol. The lowest BCUT2D eigenvalue weighted by molar-refractivity contribution is -0.136. The molecule has 0 bridgehead atoms. The Morgan fingerprint density at radius 2 is 2.40 bits per heavy atom. The molecule has 0 amide bonds. The third kappa shape index (κ3) is 1.92. The van der Waals surface area contributed by atoms with Gasteiger partial charge in [0.25, 0.3) is 0 Å². The van der Waals surface area contributed by atoms with Crippen LogP contribution in [0.3, 0.4) is 0 Å². The lowest BCUT2D eigenvalue weighted by atomic mass is 10.2. The van der Waals surface area contributed by atoms with Crippen LogP contribution in [0, 0.1) is 0 Å². The molecule has 1 unspecified atom stereocenters. The maximum atomic E-state index is 10.9. The van der Waals surface area contributed by atoms with Crippen molar-refractivity contribution < 1.29 is 9.90 Å². The number of carboxylic acid groups (broad SMARTS) is 1. The van der Waals surface area contributed by atoms with Crippen molar-refractivity contribution in [2.45, 2.75) is 10.1 Å². The fraction of sp³-hybridized carbons (Fsp3) is 0.300. The highest BCUT2D eigenvalue weighted by atomic mass is 35.5. The summed E-state index contributed by atoms with van der Waals surface area (Å²) in [5.74, 6) is -0.780. The summed E-state index contributed by atoms with van der Waals surface area (Å²) in [5, 5.41) is 9.23. The van der Waals surface area contributed by atoms with Crippen LogP contribution in [0.25, 0.3) is 0 Å². The van der Waals surface area contributed by atoms with Gasteiger partial charge in [-0.3, -0.25) is 4.79 Å². The normalized spacial score (nSPS) is 19.9. The molecular formula is C10H10ClNO2S. The van der Waals surface area contributed by atoms with E-state index in [0.717, 1.165) is 10.6 Å². The Morgan fingerprint density at radius 3 is 3.07 bits per heavy atom. The fourth-order valence-electron chi connectivity index (χ4n) is 1.62. The second kappa shape index (κ2) is 3.94. The van der Waals surface area contributed by atoms with Gasteiger partial charge in [-0.1, -0.05) is 17.7 Å². The first-order valence-corrected chi connectivity index (χ1v) is 5.74. The smallest absolute Gasteiger partial charge is 0.318 e. The van der Waals surface area contributed by atoms with Crippen molar-refractivity contribution >= 4 is 35.0 Å². The van der Waals surface area contributed by atoms with Crippen LogP contribution in [0.4, 0.5) is 5.69 Å². The number of anilines is 1. The molecule has 0 aliphatic carbocycles. The summed E-state index contributed by atoms with van der Waals surface area (Å²) in [6.45, 7) is 0.483. The Bertz CT molecular complexity index is 410. The monoisotopic (exact) mass is 243 g/mol. The van der Waals surface area contributed by atoms with E-state index in [0.29, 0.717) is 11.6 Å². The second-order valence-corrected chi connectivity index (χ2v) is 5.06. The molecule has 0 spiro atoms. The Kier molecular flexibility index (Phi) is 2.80. The van der Waals surface area contributed by atoms with Gasteiger partial charge in [-0.25, -0.2) is 0 Å². The number of fused-ring (bicyclic) bond motifs is 1. The van der Waals surface area contributed by atoms with Gasteiger partial charge in [-0.2, -0.15) is 0 Å². The first-order chi connectivity index (χ1) is 7.09. The van der Waals surface area contributed by atoms with Crippen LogP contribution in [0.2, 0.25) is 5.02 Å². The number of aliphatic carboxylic acids is 1. The van der Waals surface area contributed by atoms with Crippen LogP contribution < -0.4 is 4.90 Å². The lowest BCUT2D eigenvalue weighted by Gasteiger charge is -2.31. The fourth-order valence-corrected chi connectivity index (χ4v) is 3.24. The zero-order chi connectivity index (χ0) is 11.0. The summed E-state index contributed by atoms with van der Waals surface area (Å²) in [4.78, 5) is 13.7. The van der Waals surface area contributed by atoms with Crippen LogP contribution in [0.1, 0.15) is 0 Å². The SMILES string of the molecule is CN1CC(C(=O)O)Sc2cccc(Cl)c21. The standard InChI is InChI=1S/C10H10ClNO2S/c1-12-5-8(10(13)14)15-7-4-2-3-6(11)9(7)12/h2-4,8H,5H2,1H3,(H,13,14). The predicted molar refractivity (Wildman–Crippen MR) is 62.0 cm³/mol. The molecule has 1 aliphatic rings. The Morgan fingerprint density at radius 1 is 1.67 bits per heavy atom. The van der Waals surface area contributed by atoms with Gasteiger partial charge in [0, 0.05) is 18.5 Å². The first-order valence-electron chi connectivity index (χ1n) is 4.48. The molecule has 1 aromatic rings. The van der Waals surface area contributed by atoms with E-state index in [4.69, 9.17) is 16.7 Å². The van der Waals surface area contributed by atoms with E-state index < -0.39 is 11.2 Å². The molecule has 0 aromatic heterocycles. The van der Waals surface area contributed by atoms with Gasteiger partial charge in [-0.15, -0.1) is 11.8 Å². The van der Waals surface area contributed by atoms with Gasteiger partial charge in [0.2, 0.25) is 0 Å². The molecule has 80 valence electrons. The number of para-hydroxylation sites is 1. The second-order valence-electron chi connectivity index (χ2n) is 3.41. The quantitative estimate of drug-likeness (QED) is 0.822. The third-order valence-electron chi connectivity index (χ3n) is 2.32. The molecule has 1 atom stereocenters. The molecule has 0 saturated carbocycles. The minimum atomic E-state index is -0.780. The van der Waals surface area contributed by atoms with E-state index in [1.807, 2.05) is 30.1 Å². The molecule has 0 saturated heterocycles. The maximum absolute atomic E-state index is 10.9. The van der Waals surface area contributed by atoms with Gasteiger partial charge in [0.15, 0.2) is 0 Å². The van der Waals surface area contributed by atoms with Crippen molar-refractivity contribution in [3.05, 3.63) is 23.2 Å². The largest absolute Gasteiger partial charge is 0.480 e. The minimum Gasteiger partial charge on any atom is -0.480 e. The van der Waals surface area contributed by atoms with E-state index in [1.165, 1.54) is 11.8 Å². The number of thioether (sulfide) groups is 1. The summed E-state index contributed by atoms with van der Waals surface area (Å²) in [6.07, 6.45) is 0. The summed E-state index contributed by atoms with van der Waals surface area (Å²) in [5.41, 5.74) is 0.932. The van der Waals surface area contributed by atoms with Crippen LogP contribution in [0.5, 0.6) is 0 Å². The van der Waals surface area contributed by atoms with Gasteiger partial charge in [-0.05, 0) is 12.1 Å². The van der Waals surface area contributed by atoms with Crippen molar-refractivity contribution in [1.82, 2.24) is 0 Å². The summed E-state index contributed by atoms with van der Waals surface area (Å²) in [7, 11) is 1.86. The summed E-state index contributed by atoms with van der Waals surface area (Å²) in [6, 6.07) is 5.56. The minimum absolute atomic E-state index is 0.416. The molecule has 15 heavy (non-hydrogen) atoms. The highest BCUT2D eigenvalue weighted by Crippen LogP contribution is 2.41. The van der Waals surface area contributed by atoms with Gasteiger partial charge in [0.05, 0.1) is 10.7 Å². The van der Waals surface area contributed by atoms with Crippen LogP contribution in [-0.2, 0) is 4.79 Å². The van der Waals surface area contributed by atoms with Crippen molar-refractivity contribution in [3.8, 4) is 0 Å². The number of carbonyl (C=O) groups is 1. The highest BCUT2D eigenvalue weighted by Gasteiger charge is 2.29. The molecule has 1 aliphatic heterocycles. The number of benzene rings is 1. The van der Waals surface area contributed by atoms with Gasteiger partial charge < -0.3 is 10.0 Å². The molecule has 2 rings (SSSR count). The van der Waals surface area contributed by atoms with E-state index in [9.17, 15) is 4.79 Å². The van der Waals surface area contributed by atoms with Crippen LogP contribution in [0.15, 0.2) is 23.1 Å². The first kappa shape index (κ1) is 10.6. The molecule has 1 heterocycles. The van der Waals surface area contributed by atoms with Crippen molar-refractivity contribution in [2.24, 2.45) is 0 Å². The summed E-state index contributed by atoms with van der Waals surface area (Å²) < 4.78 is 0. The van der Waals surface area contributed by atoms with Crippen LogP contribution in [-0.4, -0.2) is 29.9 Å². The van der Waals surface area contributed by atoms with E-state index in [2.05, 4.69) is 0 Å². The van der Waals surface area contributed by atoms with E-state index in [-0.39, 0.29) is 0 Å². The van der Waals surface area contributed by atoms with E-state index in [1.54, 1.807) is 0 Å². The lowest BCUT2D eigenvalue weighted by Crippen LogP contribution is -2.36. The Balaban J connectivity index is 2.40. The topological polar surface area (TPSA) is 40.5 Å². The average Bonchev–Trinajstić information content (AvgIpc) is 2.17. The molecule has 1 aromatic carbocycles. The molecule has 1 N–H and O–H groups in total. The van der Waals surface area contributed by atoms with Gasteiger partial charge >= 0.3 is 5.97 Å². The van der Waals surface area contributed by atoms with E-state index >= 15 is 0 Å². The molecule has 3 nitrogen and oxygen atoms in total. The number of carboxylic acids is 1. The van der Waals surface area contributed by atoms with Crippen LogP contribution >= 0.6 is 23.4 Å². The maximum Gasteiger partial charge on any atom is 0.318 e. The van der Waals surface area contributed by atoms with Crippen molar-refractivity contribution in [3.63, 3.8) is 0 Å². The molecular weight excluding hydrogens is 234 g/mol. The molecule has 5 heteroatoms. The Labute approximate surface area is 97.0 Å². The third-order valence-corrected chi connectivity index (χ3v) is 3.84. The highest BCUT2D eigenvalue weighted by molar-refractivity contribution is 8.00. The predicted octanol–water partition coefficient (Wildman–Crippen LogP) is 2.34. The summed E-state index contributed by atoms with van der Waals surface area (Å²) >= 11 is 7.42. The zero-order valence-corrected chi connectivity index (χ0v) is 9.68. The Hall–Kier alpha value is -0.870. The van der Waals surface area contributed by atoms with Crippen molar-refractivity contribution in [2.75, 3.05) is 18.5 Å². The number of halogens is 1. The zero-order valence-electron chi connectivity index (χ0n) is 8.11. The number of nitrogens with zero attached hydrogens (tertiary/aromatic N) is 1. The number of rotatable bonds is 1. The molecule has 0 fully saturated rings. The number of hydrogen-bond donors (Lipinski definition) is 1. The van der Waals surface area contributed by atoms with Gasteiger partial charge in [0.1, 0.15) is 5.25 Å².